The summed E-state index contributed by atoms with van der Waals surface area (Å²) in [7, 11) is 0. The molecular weight excluding hydrogens is 210 g/mol. The van der Waals surface area contributed by atoms with Crippen LogP contribution >= 0.6 is 0 Å². The summed E-state index contributed by atoms with van der Waals surface area (Å²) in [5, 5.41) is 2.16. The van der Waals surface area contributed by atoms with Crippen molar-refractivity contribution < 1.29 is 0 Å². The molecule has 0 saturated carbocycles. The molecule has 0 saturated heterocycles. The maximum Gasteiger partial charge on any atom is 0.0575 e. The molecule has 84 valence electrons. The zero-order valence-electron chi connectivity index (χ0n) is 9.35. The quantitative estimate of drug-likeness (QED) is 0.623. The van der Waals surface area contributed by atoms with E-state index in [9.17, 15) is 0 Å². The minimum Gasteiger partial charge on any atom is -0.399 e. The first-order valence-electron chi connectivity index (χ1n) is 5.42. The zero-order valence-corrected chi connectivity index (χ0v) is 9.35. The Kier molecular flexibility index (Phi) is 1.89. The molecule has 3 rings (SSSR count). The molecule has 0 aliphatic heterocycles. The molecule has 0 bridgehead atoms. The molecule has 0 spiro atoms. The number of fused-ring (bicyclic) bond motifs is 3. The lowest BCUT2D eigenvalue weighted by Gasteiger charge is -2.02. The Morgan fingerprint density at radius 2 is 1.82 bits per heavy atom. The molecule has 4 N–H and O–H groups in total. The van der Waals surface area contributed by atoms with Crippen molar-refractivity contribution in [3.8, 4) is 0 Å². The van der Waals surface area contributed by atoms with Crippen molar-refractivity contribution in [1.82, 2.24) is 4.57 Å². The first kappa shape index (κ1) is 9.78. The zero-order chi connectivity index (χ0) is 12.0. The molecule has 3 nitrogen and oxygen atoms in total. The maximum atomic E-state index is 6.06. The van der Waals surface area contributed by atoms with Crippen LogP contribution in [-0.2, 0) is 0 Å². The minimum absolute atomic E-state index is 0.668. The normalized spacial score (nSPS) is 11.1. The van der Waals surface area contributed by atoms with Crippen LogP contribution in [0.2, 0.25) is 0 Å². The third-order valence-corrected chi connectivity index (χ3v) is 3.05. The maximum absolute atomic E-state index is 6.06. The number of aromatic nitrogens is 1. The number of nitrogens with two attached hydrogens (primary N) is 2. The summed E-state index contributed by atoms with van der Waals surface area (Å²) in [5.74, 6) is 0. The van der Waals surface area contributed by atoms with E-state index in [0.29, 0.717) is 11.4 Å². The monoisotopic (exact) mass is 223 g/mol. The Morgan fingerprint density at radius 1 is 1.06 bits per heavy atom. The predicted molar refractivity (Wildman–Crippen MR) is 74.7 cm³/mol. The van der Waals surface area contributed by atoms with Crippen LogP contribution in [0, 0.1) is 0 Å². The number of rotatable bonds is 1. The Balaban J connectivity index is 2.68. The van der Waals surface area contributed by atoms with Crippen molar-refractivity contribution in [2.75, 3.05) is 11.5 Å². The van der Waals surface area contributed by atoms with Crippen LogP contribution in [0.5, 0.6) is 0 Å². The van der Waals surface area contributed by atoms with Crippen LogP contribution in [0.25, 0.3) is 28.0 Å². The molecule has 0 aliphatic carbocycles. The molecule has 0 atom stereocenters. The second kappa shape index (κ2) is 3.28. The average Bonchev–Trinajstić information content (AvgIpc) is 2.62. The third-order valence-electron chi connectivity index (χ3n) is 3.05. The lowest BCUT2D eigenvalue weighted by atomic mass is 10.1. The van der Waals surface area contributed by atoms with Crippen molar-refractivity contribution >= 4 is 39.4 Å². The number of nitrogen functional groups attached to an aromatic ring is 2. The van der Waals surface area contributed by atoms with Crippen LogP contribution < -0.4 is 11.5 Å². The fourth-order valence-corrected chi connectivity index (χ4v) is 2.38. The van der Waals surface area contributed by atoms with Gasteiger partial charge in [0.25, 0.3) is 0 Å². The molecule has 0 unspecified atom stereocenters. The fraction of sp³-hybridized carbons (Fsp3) is 0. The largest absolute Gasteiger partial charge is 0.399 e. The van der Waals surface area contributed by atoms with Crippen LogP contribution in [0.1, 0.15) is 0 Å². The summed E-state index contributed by atoms with van der Waals surface area (Å²) in [5.41, 5.74) is 15.4. The Hall–Kier alpha value is -2.42. The summed E-state index contributed by atoms with van der Waals surface area (Å²) in [4.78, 5) is 0. The molecule has 1 heterocycles. The van der Waals surface area contributed by atoms with E-state index in [1.165, 1.54) is 0 Å². The van der Waals surface area contributed by atoms with Crippen LogP contribution in [0.15, 0.2) is 43.0 Å². The van der Waals surface area contributed by atoms with Gasteiger partial charge in [0.15, 0.2) is 0 Å². The van der Waals surface area contributed by atoms with Gasteiger partial charge in [-0.1, -0.05) is 24.8 Å². The van der Waals surface area contributed by atoms with Crippen molar-refractivity contribution in [2.24, 2.45) is 0 Å². The van der Waals surface area contributed by atoms with Gasteiger partial charge in [0, 0.05) is 28.3 Å². The summed E-state index contributed by atoms with van der Waals surface area (Å²) < 4.78 is 2.01. The molecule has 0 fully saturated rings. The molecule has 3 heteroatoms. The van der Waals surface area contributed by atoms with Crippen molar-refractivity contribution in [1.29, 1.82) is 0 Å². The molecular formula is C14H13N3. The number of benzene rings is 2. The minimum atomic E-state index is 0.668. The van der Waals surface area contributed by atoms with E-state index in [1.807, 2.05) is 28.8 Å². The summed E-state index contributed by atoms with van der Waals surface area (Å²) in [6, 6.07) is 11.8. The van der Waals surface area contributed by atoms with Gasteiger partial charge in [-0.3, -0.25) is 0 Å². The highest BCUT2D eigenvalue weighted by Gasteiger charge is 2.11. The number of anilines is 2. The predicted octanol–water partition coefficient (Wildman–Crippen LogP) is 3.06. The van der Waals surface area contributed by atoms with E-state index in [-0.39, 0.29) is 0 Å². The molecule has 17 heavy (non-hydrogen) atoms. The number of hydrogen-bond donors (Lipinski definition) is 2. The second-order valence-electron chi connectivity index (χ2n) is 4.07. The van der Waals surface area contributed by atoms with Crippen LogP contribution in [0.4, 0.5) is 11.4 Å². The van der Waals surface area contributed by atoms with Crippen LogP contribution in [-0.4, -0.2) is 4.57 Å². The van der Waals surface area contributed by atoms with E-state index >= 15 is 0 Å². The van der Waals surface area contributed by atoms with Crippen molar-refractivity contribution in [3.05, 3.63) is 43.0 Å². The molecule has 0 amide bonds. The summed E-state index contributed by atoms with van der Waals surface area (Å²) in [6.07, 6.45) is 1.78. The first-order valence-corrected chi connectivity index (χ1v) is 5.42. The fourth-order valence-electron chi connectivity index (χ4n) is 2.38. The highest BCUT2D eigenvalue weighted by Crippen LogP contribution is 2.34. The van der Waals surface area contributed by atoms with Gasteiger partial charge >= 0.3 is 0 Å². The van der Waals surface area contributed by atoms with Gasteiger partial charge in [-0.15, -0.1) is 0 Å². The molecule has 1 aromatic heterocycles. The highest BCUT2D eigenvalue weighted by molar-refractivity contribution is 6.15. The van der Waals surface area contributed by atoms with Gasteiger partial charge in [-0.05, 0) is 18.2 Å². The third kappa shape index (κ3) is 1.22. The van der Waals surface area contributed by atoms with E-state index < -0.39 is 0 Å². The first-order chi connectivity index (χ1) is 8.22. The number of para-hydroxylation sites is 1. The topological polar surface area (TPSA) is 57.0 Å². The molecule has 0 aliphatic rings. The van der Waals surface area contributed by atoms with E-state index in [4.69, 9.17) is 11.5 Å². The lowest BCUT2D eigenvalue weighted by molar-refractivity contribution is 1.30. The number of hydrogen-bond acceptors (Lipinski definition) is 2. The van der Waals surface area contributed by atoms with Gasteiger partial charge in [-0.25, -0.2) is 0 Å². The Morgan fingerprint density at radius 3 is 2.59 bits per heavy atom. The van der Waals surface area contributed by atoms with Gasteiger partial charge in [0.05, 0.1) is 11.0 Å². The summed E-state index contributed by atoms with van der Waals surface area (Å²) in [6.45, 7) is 3.84. The average molecular weight is 223 g/mol. The molecule has 3 aromatic rings. The van der Waals surface area contributed by atoms with Crippen molar-refractivity contribution in [2.45, 2.75) is 0 Å². The van der Waals surface area contributed by atoms with Gasteiger partial charge < -0.3 is 16.0 Å². The standard InChI is InChI=1S/C14H13N3/c1-2-17-12-6-4-3-5-10(12)14-11(16)7-9(15)8-13(14)17/h2-8H,1,15-16H2. The van der Waals surface area contributed by atoms with Crippen molar-refractivity contribution in [3.63, 3.8) is 0 Å². The SMILES string of the molecule is C=Cn1c2ccccc2c2c(N)cc(N)cc21. The Labute approximate surface area is 98.9 Å². The highest BCUT2D eigenvalue weighted by atomic mass is 15.0. The smallest absolute Gasteiger partial charge is 0.0575 e. The Bertz CT molecular complexity index is 738. The molecule has 2 aromatic carbocycles. The van der Waals surface area contributed by atoms with E-state index in [0.717, 1.165) is 21.8 Å². The summed E-state index contributed by atoms with van der Waals surface area (Å²) >= 11 is 0. The number of nitrogens with zero attached hydrogens (tertiary/aromatic N) is 1. The van der Waals surface area contributed by atoms with Gasteiger partial charge in [0.2, 0.25) is 0 Å². The van der Waals surface area contributed by atoms with Gasteiger partial charge in [-0.2, -0.15) is 0 Å². The van der Waals surface area contributed by atoms with E-state index in [1.54, 1.807) is 12.3 Å². The lowest BCUT2D eigenvalue weighted by Crippen LogP contribution is -1.92. The van der Waals surface area contributed by atoms with Crippen LogP contribution in [0.3, 0.4) is 0 Å². The molecule has 0 radical (unpaired) electrons. The van der Waals surface area contributed by atoms with Gasteiger partial charge in [0.1, 0.15) is 0 Å². The van der Waals surface area contributed by atoms with E-state index in [2.05, 4.69) is 12.6 Å². The second-order valence-corrected chi connectivity index (χ2v) is 4.07.